The van der Waals surface area contributed by atoms with Gasteiger partial charge < -0.3 is 0 Å². The van der Waals surface area contributed by atoms with Crippen molar-refractivity contribution in [3.63, 3.8) is 0 Å². The minimum Gasteiger partial charge on any atom is -0.274 e. The fourth-order valence-electron chi connectivity index (χ4n) is 1.82. The lowest BCUT2D eigenvalue weighted by Crippen LogP contribution is -2.36. The summed E-state index contributed by atoms with van der Waals surface area (Å²) in [7, 11) is -3.65. The molecule has 0 bridgehead atoms. The number of carbonyl (C=O) groups excluding carboxylic acids is 1. The van der Waals surface area contributed by atoms with Crippen LogP contribution in [0, 0.1) is 24.2 Å². The summed E-state index contributed by atoms with van der Waals surface area (Å²) >= 11 is 0. The van der Waals surface area contributed by atoms with Crippen molar-refractivity contribution < 1.29 is 13.2 Å². The maximum absolute atomic E-state index is 11.9. The molecular weight excluding hydrogens is 288 g/mol. The number of rotatable bonds is 7. The average Bonchev–Trinajstić information content (AvgIpc) is 2.41. The SMILES string of the molecule is Cc1ccc(C[C@@H](C)C(=O)NS(=O)(=O)CCCC#N)cc1. The van der Waals surface area contributed by atoms with E-state index in [2.05, 4.69) is 4.72 Å². The van der Waals surface area contributed by atoms with E-state index < -0.39 is 21.8 Å². The number of nitrogens with one attached hydrogen (secondary N) is 1. The Morgan fingerprint density at radius 2 is 1.95 bits per heavy atom. The van der Waals surface area contributed by atoms with Crippen molar-refractivity contribution >= 4 is 15.9 Å². The highest BCUT2D eigenvalue weighted by molar-refractivity contribution is 7.90. The normalized spacial score (nSPS) is 12.4. The highest BCUT2D eigenvalue weighted by atomic mass is 32.2. The highest BCUT2D eigenvalue weighted by Crippen LogP contribution is 2.10. The summed E-state index contributed by atoms with van der Waals surface area (Å²) in [5, 5.41) is 8.38. The first kappa shape index (κ1) is 17.2. The zero-order valence-corrected chi connectivity index (χ0v) is 13.1. The van der Waals surface area contributed by atoms with E-state index in [-0.39, 0.29) is 18.6 Å². The summed E-state index contributed by atoms with van der Waals surface area (Å²) in [5.41, 5.74) is 2.13. The number of nitriles is 1. The van der Waals surface area contributed by atoms with Crippen LogP contribution in [0.3, 0.4) is 0 Å². The standard InChI is InChI=1S/C15H20N2O3S/c1-12-5-7-14(8-6-12)11-13(2)15(18)17-21(19,20)10-4-3-9-16/h5-8,13H,3-4,10-11H2,1-2H3,(H,17,18)/t13-/m1/s1. The lowest BCUT2D eigenvalue weighted by Gasteiger charge is -2.12. The van der Waals surface area contributed by atoms with Gasteiger partial charge in [-0.15, -0.1) is 0 Å². The number of amides is 1. The maximum Gasteiger partial charge on any atom is 0.236 e. The van der Waals surface area contributed by atoms with Crippen molar-refractivity contribution in [3.05, 3.63) is 35.4 Å². The van der Waals surface area contributed by atoms with Gasteiger partial charge in [-0.1, -0.05) is 36.8 Å². The molecule has 1 aromatic rings. The van der Waals surface area contributed by atoms with Crippen LogP contribution < -0.4 is 4.72 Å². The minimum absolute atomic E-state index is 0.161. The fourth-order valence-corrected chi connectivity index (χ4v) is 2.95. The quantitative estimate of drug-likeness (QED) is 0.780. The molecule has 114 valence electrons. The average molecular weight is 308 g/mol. The molecule has 1 aromatic carbocycles. The van der Waals surface area contributed by atoms with E-state index in [1.165, 1.54) is 0 Å². The van der Waals surface area contributed by atoms with Crippen LogP contribution in [0.15, 0.2) is 24.3 Å². The van der Waals surface area contributed by atoms with Crippen molar-refractivity contribution in [2.75, 3.05) is 5.75 Å². The molecule has 0 saturated heterocycles. The number of hydrogen-bond donors (Lipinski definition) is 1. The van der Waals surface area contributed by atoms with Crippen molar-refractivity contribution in [3.8, 4) is 6.07 Å². The minimum atomic E-state index is -3.65. The highest BCUT2D eigenvalue weighted by Gasteiger charge is 2.19. The van der Waals surface area contributed by atoms with Gasteiger partial charge in [-0.3, -0.25) is 9.52 Å². The van der Waals surface area contributed by atoms with Gasteiger partial charge in [0.25, 0.3) is 0 Å². The molecule has 0 aromatic heterocycles. The topological polar surface area (TPSA) is 87.0 Å². The molecule has 0 heterocycles. The first-order valence-corrected chi connectivity index (χ1v) is 8.46. The van der Waals surface area contributed by atoms with Crippen LogP contribution in [-0.4, -0.2) is 20.1 Å². The van der Waals surface area contributed by atoms with E-state index in [0.29, 0.717) is 6.42 Å². The molecule has 1 N–H and O–H groups in total. The largest absolute Gasteiger partial charge is 0.274 e. The zero-order valence-electron chi connectivity index (χ0n) is 12.3. The van der Waals surface area contributed by atoms with E-state index in [1.807, 2.05) is 37.3 Å². The van der Waals surface area contributed by atoms with Crippen molar-refractivity contribution in [2.45, 2.75) is 33.1 Å². The Kier molecular flexibility index (Phi) is 6.38. The number of hydrogen-bond acceptors (Lipinski definition) is 4. The Bertz CT molecular complexity index is 615. The Hall–Kier alpha value is -1.87. The number of aryl methyl sites for hydroxylation is 1. The van der Waals surface area contributed by atoms with Gasteiger partial charge in [0.05, 0.1) is 11.8 Å². The van der Waals surface area contributed by atoms with Gasteiger partial charge in [-0.2, -0.15) is 5.26 Å². The van der Waals surface area contributed by atoms with Gasteiger partial charge in [0.1, 0.15) is 0 Å². The van der Waals surface area contributed by atoms with E-state index in [4.69, 9.17) is 5.26 Å². The number of sulfonamides is 1. The van der Waals surface area contributed by atoms with E-state index in [1.54, 1.807) is 6.92 Å². The molecule has 0 spiro atoms. The predicted octanol–water partition coefficient (Wildman–Crippen LogP) is 1.92. The summed E-state index contributed by atoms with van der Waals surface area (Å²) in [6.07, 6.45) is 0.874. The predicted molar refractivity (Wildman–Crippen MR) is 80.8 cm³/mol. The Morgan fingerprint density at radius 3 is 2.52 bits per heavy atom. The third kappa shape index (κ3) is 6.41. The van der Waals surface area contributed by atoms with Gasteiger partial charge in [0.15, 0.2) is 0 Å². The number of benzene rings is 1. The second-order valence-electron chi connectivity index (χ2n) is 5.14. The second kappa shape index (κ2) is 7.79. The molecule has 0 fully saturated rings. The first-order valence-electron chi connectivity index (χ1n) is 6.81. The summed E-state index contributed by atoms with van der Waals surface area (Å²) < 4.78 is 25.4. The van der Waals surface area contributed by atoms with Gasteiger partial charge in [-0.05, 0) is 25.3 Å². The molecule has 6 heteroatoms. The van der Waals surface area contributed by atoms with Crippen LogP contribution in [0.1, 0.15) is 30.9 Å². The fraction of sp³-hybridized carbons (Fsp3) is 0.467. The van der Waals surface area contributed by atoms with Gasteiger partial charge in [-0.25, -0.2) is 8.42 Å². The lowest BCUT2D eigenvalue weighted by atomic mass is 10.00. The third-order valence-electron chi connectivity index (χ3n) is 3.07. The number of carbonyl (C=O) groups is 1. The summed E-state index contributed by atoms with van der Waals surface area (Å²) in [6, 6.07) is 9.65. The van der Waals surface area contributed by atoms with Crippen LogP contribution in [0.2, 0.25) is 0 Å². The summed E-state index contributed by atoms with van der Waals surface area (Å²) in [6.45, 7) is 3.67. The molecule has 0 aliphatic carbocycles. The Balaban J connectivity index is 2.54. The second-order valence-corrected chi connectivity index (χ2v) is 6.98. The van der Waals surface area contributed by atoms with Gasteiger partial charge in [0.2, 0.25) is 15.9 Å². The van der Waals surface area contributed by atoms with E-state index in [0.717, 1.165) is 11.1 Å². The van der Waals surface area contributed by atoms with Gasteiger partial charge in [0, 0.05) is 12.3 Å². The Labute approximate surface area is 126 Å². The van der Waals surface area contributed by atoms with Crippen molar-refractivity contribution in [1.82, 2.24) is 4.72 Å². The summed E-state index contributed by atoms with van der Waals surface area (Å²) in [4.78, 5) is 11.9. The molecule has 5 nitrogen and oxygen atoms in total. The Morgan fingerprint density at radius 1 is 1.33 bits per heavy atom. The number of nitrogens with zero attached hydrogens (tertiary/aromatic N) is 1. The molecule has 21 heavy (non-hydrogen) atoms. The number of unbranched alkanes of at least 4 members (excludes halogenated alkanes) is 1. The molecule has 0 aliphatic rings. The molecule has 1 amide bonds. The lowest BCUT2D eigenvalue weighted by molar-refractivity contribution is -0.122. The molecule has 1 rings (SSSR count). The third-order valence-corrected chi connectivity index (χ3v) is 4.41. The smallest absolute Gasteiger partial charge is 0.236 e. The zero-order chi connectivity index (χ0) is 15.9. The van der Waals surface area contributed by atoms with E-state index >= 15 is 0 Å². The molecule has 1 atom stereocenters. The first-order chi connectivity index (χ1) is 9.84. The van der Waals surface area contributed by atoms with Crippen LogP contribution in [0.4, 0.5) is 0 Å². The monoisotopic (exact) mass is 308 g/mol. The molecule has 0 saturated carbocycles. The van der Waals surface area contributed by atoms with Crippen molar-refractivity contribution in [1.29, 1.82) is 5.26 Å². The molecule has 0 radical (unpaired) electrons. The molecular formula is C15H20N2O3S. The van der Waals surface area contributed by atoms with Crippen LogP contribution in [0.25, 0.3) is 0 Å². The van der Waals surface area contributed by atoms with Crippen LogP contribution >= 0.6 is 0 Å². The maximum atomic E-state index is 11.9. The van der Waals surface area contributed by atoms with Crippen molar-refractivity contribution in [2.24, 2.45) is 5.92 Å². The van der Waals surface area contributed by atoms with Gasteiger partial charge >= 0.3 is 0 Å². The summed E-state index contributed by atoms with van der Waals surface area (Å²) in [5.74, 6) is -1.14. The van der Waals surface area contributed by atoms with Crippen LogP contribution in [0.5, 0.6) is 0 Å². The van der Waals surface area contributed by atoms with E-state index in [9.17, 15) is 13.2 Å². The molecule has 0 aliphatic heterocycles. The molecule has 0 unspecified atom stereocenters. The van der Waals surface area contributed by atoms with Crippen LogP contribution in [-0.2, 0) is 21.2 Å².